The van der Waals surface area contributed by atoms with Crippen LogP contribution in [0, 0.1) is 5.82 Å². The van der Waals surface area contributed by atoms with Gasteiger partial charge < -0.3 is 10.4 Å². The minimum atomic E-state index is -1.02. The van der Waals surface area contributed by atoms with Gasteiger partial charge in [-0.05, 0) is 37.5 Å². The van der Waals surface area contributed by atoms with Gasteiger partial charge in [-0.1, -0.05) is 17.7 Å². The summed E-state index contributed by atoms with van der Waals surface area (Å²) >= 11 is 7.40. The number of aliphatic hydroxyl groups is 1. The summed E-state index contributed by atoms with van der Waals surface area (Å²) in [5, 5.41) is 12.6. The fourth-order valence-corrected chi connectivity index (χ4v) is 2.38. The molecule has 6 heteroatoms. The maximum absolute atomic E-state index is 13.5. The first-order valence-electron chi connectivity index (χ1n) is 5.81. The van der Waals surface area contributed by atoms with Crippen molar-refractivity contribution < 1.29 is 14.3 Å². The summed E-state index contributed by atoms with van der Waals surface area (Å²) in [4.78, 5) is 11.9. The van der Waals surface area contributed by atoms with Crippen LogP contribution in [-0.4, -0.2) is 35.2 Å². The Kier molecular flexibility index (Phi) is 6.10. The molecular weight excluding hydrogens is 289 g/mol. The number of carbonyl (C=O) groups is 1. The molecule has 19 heavy (non-hydrogen) atoms. The summed E-state index contributed by atoms with van der Waals surface area (Å²) in [5.74, 6) is -0.509. The zero-order valence-corrected chi connectivity index (χ0v) is 12.4. The van der Waals surface area contributed by atoms with Gasteiger partial charge in [0.1, 0.15) is 5.82 Å². The minimum Gasteiger partial charge on any atom is -0.388 e. The highest BCUT2D eigenvalue weighted by Crippen LogP contribution is 2.19. The Bertz CT molecular complexity index is 434. The van der Waals surface area contributed by atoms with Crippen LogP contribution in [0.25, 0.3) is 0 Å². The monoisotopic (exact) mass is 305 g/mol. The topological polar surface area (TPSA) is 49.3 Å². The van der Waals surface area contributed by atoms with E-state index in [4.69, 9.17) is 11.6 Å². The van der Waals surface area contributed by atoms with E-state index < -0.39 is 17.3 Å². The Morgan fingerprint density at radius 2 is 2.26 bits per heavy atom. The lowest BCUT2D eigenvalue weighted by Gasteiger charge is -2.23. The summed E-state index contributed by atoms with van der Waals surface area (Å²) in [6, 6.07) is 4.06. The molecule has 0 aliphatic rings. The summed E-state index contributed by atoms with van der Waals surface area (Å²) in [6.45, 7) is 1.68. The predicted octanol–water partition coefficient (Wildman–Crippen LogP) is 2.71. The minimum absolute atomic E-state index is 0.0526. The number of carbonyl (C=O) groups excluding carboxylic acids is 1. The highest BCUT2D eigenvalue weighted by Gasteiger charge is 2.22. The van der Waals surface area contributed by atoms with Crippen LogP contribution >= 0.6 is 23.4 Å². The second-order valence-electron chi connectivity index (χ2n) is 4.52. The SMILES string of the molecule is CSCCC(C)(O)CNC(=O)c1c(F)cccc1Cl. The van der Waals surface area contributed by atoms with Crippen LogP contribution in [0.5, 0.6) is 0 Å². The van der Waals surface area contributed by atoms with Gasteiger partial charge in [-0.2, -0.15) is 11.8 Å². The maximum Gasteiger partial charge on any atom is 0.255 e. The molecule has 0 saturated carbocycles. The molecule has 0 fully saturated rings. The van der Waals surface area contributed by atoms with Gasteiger partial charge in [-0.25, -0.2) is 4.39 Å². The Morgan fingerprint density at radius 1 is 1.58 bits per heavy atom. The molecule has 106 valence electrons. The van der Waals surface area contributed by atoms with Crippen molar-refractivity contribution in [2.24, 2.45) is 0 Å². The number of nitrogens with one attached hydrogen (secondary N) is 1. The molecule has 0 radical (unpaired) electrons. The van der Waals surface area contributed by atoms with Crippen molar-refractivity contribution in [3.05, 3.63) is 34.6 Å². The summed E-state index contributed by atoms with van der Waals surface area (Å²) in [7, 11) is 0. The van der Waals surface area contributed by atoms with Crippen LogP contribution in [0.3, 0.4) is 0 Å². The molecule has 0 spiro atoms. The zero-order chi connectivity index (χ0) is 14.5. The van der Waals surface area contributed by atoms with Gasteiger partial charge in [-0.15, -0.1) is 0 Å². The average Bonchev–Trinajstić information content (AvgIpc) is 2.34. The highest BCUT2D eigenvalue weighted by molar-refractivity contribution is 7.98. The van der Waals surface area contributed by atoms with E-state index in [1.54, 1.807) is 18.7 Å². The number of benzene rings is 1. The molecule has 1 amide bonds. The Labute approximate surface area is 121 Å². The van der Waals surface area contributed by atoms with Crippen molar-refractivity contribution in [1.82, 2.24) is 5.32 Å². The molecule has 0 aromatic heterocycles. The zero-order valence-electron chi connectivity index (χ0n) is 10.9. The fourth-order valence-electron chi connectivity index (χ4n) is 1.48. The van der Waals surface area contributed by atoms with Crippen LogP contribution in [0.1, 0.15) is 23.7 Å². The predicted molar refractivity (Wildman–Crippen MR) is 77.4 cm³/mol. The van der Waals surface area contributed by atoms with E-state index in [9.17, 15) is 14.3 Å². The number of hydrogen-bond acceptors (Lipinski definition) is 3. The molecular formula is C13H17ClFNO2S. The van der Waals surface area contributed by atoms with E-state index in [1.165, 1.54) is 18.2 Å². The van der Waals surface area contributed by atoms with E-state index in [1.807, 2.05) is 6.26 Å². The molecule has 1 atom stereocenters. The smallest absolute Gasteiger partial charge is 0.255 e. The van der Waals surface area contributed by atoms with E-state index in [2.05, 4.69) is 5.32 Å². The summed E-state index contributed by atoms with van der Waals surface area (Å²) < 4.78 is 13.5. The first kappa shape index (κ1) is 16.3. The Balaban J connectivity index is 2.66. The van der Waals surface area contributed by atoms with Crippen molar-refractivity contribution >= 4 is 29.3 Å². The van der Waals surface area contributed by atoms with Crippen molar-refractivity contribution in [2.45, 2.75) is 18.9 Å². The molecule has 2 N–H and O–H groups in total. The van der Waals surface area contributed by atoms with E-state index in [0.717, 1.165) is 5.75 Å². The van der Waals surface area contributed by atoms with E-state index >= 15 is 0 Å². The van der Waals surface area contributed by atoms with E-state index in [-0.39, 0.29) is 17.1 Å². The third-order valence-corrected chi connectivity index (χ3v) is 3.59. The number of halogens is 2. The second-order valence-corrected chi connectivity index (χ2v) is 5.91. The summed E-state index contributed by atoms with van der Waals surface area (Å²) in [6.07, 6.45) is 2.48. The number of hydrogen-bond donors (Lipinski definition) is 2. The molecule has 0 heterocycles. The third kappa shape index (κ3) is 5.01. The fraction of sp³-hybridized carbons (Fsp3) is 0.462. The van der Waals surface area contributed by atoms with Gasteiger partial charge in [0.15, 0.2) is 0 Å². The normalized spacial score (nSPS) is 13.9. The van der Waals surface area contributed by atoms with Crippen molar-refractivity contribution in [2.75, 3.05) is 18.6 Å². The van der Waals surface area contributed by atoms with Gasteiger partial charge in [0.05, 0.1) is 16.2 Å². The molecule has 3 nitrogen and oxygen atoms in total. The first-order valence-corrected chi connectivity index (χ1v) is 7.58. The number of amides is 1. The van der Waals surface area contributed by atoms with Gasteiger partial charge in [0.25, 0.3) is 5.91 Å². The van der Waals surface area contributed by atoms with Crippen molar-refractivity contribution in [3.63, 3.8) is 0 Å². The lowest BCUT2D eigenvalue weighted by molar-refractivity contribution is 0.0527. The van der Waals surface area contributed by atoms with Crippen LogP contribution < -0.4 is 5.32 Å². The van der Waals surface area contributed by atoms with Gasteiger partial charge in [-0.3, -0.25) is 4.79 Å². The van der Waals surface area contributed by atoms with Crippen LogP contribution in [0.4, 0.5) is 4.39 Å². The Morgan fingerprint density at radius 3 is 2.84 bits per heavy atom. The molecule has 0 aliphatic heterocycles. The number of thioether (sulfide) groups is 1. The lowest BCUT2D eigenvalue weighted by atomic mass is 10.0. The molecule has 0 aliphatic carbocycles. The second kappa shape index (κ2) is 7.12. The molecule has 1 unspecified atom stereocenters. The molecule has 1 aromatic rings. The third-order valence-electron chi connectivity index (χ3n) is 2.66. The molecule has 0 bridgehead atoms. The van der Waals surface area contributed by atoms with Crippen molar-refractivity contribution in [3.8, 4) is 0 Å². The van der Waals surface area contributed by atoms with E-state index in [0.29, 0.717) is 6.42 Å². The lowest BCUT2D eigenvalue weighted by Crippen LogP contribution is -2.41. The molecule has 1 aromatic carbocycles. The average molecular weight is 306 g/mol. The highest BCUT2D eigenvalue weighted by atomic mass is 35.5. The molecule has 1 rings (SSSR count). The van der Waals surface area contributed by atoms with Crippen LogP contribution in [-0.2, 0) is 0 Å². The van der Waals surface area contributed by atoms with Crippen molar-refractivity contribution in [1.29, 1.82) is 0 Å². The number of rotatable bonds is 6. The maximum atomic E-state index is 13.5. The standard InChI is InChI=1S/C13H17ClFNO2S/c1-13(18,6-7-19-2)8-16-12(17)11-9(14)4-3-5-10(11)15/h3-5,18H,6-8H2,1-2H3,(H,16,17). The first-order chi connectivity index (χ1) is 8.87. The van der Waals surface area contributed by atoms with Gasteiger partial charge >= 0.3 is 0 Å². The largest absolute Gasteiger partial charge is 0.388 e. The van der Waals surface area contributed by atoms with Gasteiger partial charge in [0.2, 0.25) is 0 Å². The van der Waals surface area contributed by atoms with Gasteiger partial charge in [0, 0.05) is 6.54 Å². The van der Waals surface area contributed by atoms with Crippen LogP contribution in [0.15, 0.2) is 18.2 Å². The van der Waals surface area contributed by atoms with Crippen LogP contribution in [0.2, 0.25) is 5.02 Å². The quantitative estimate of drug-likeness (QED) is 0.849. The molecule has 0 saturated heterocycles. The summed E-state index contributed by atoms with van der Waals surface area (Å²) in [5.41, 5.74) is -1.21. The Hall–Kier alpha value is -0.780.